The molecule has 1 unspecified atom stereocenters. The van der Waals surface area contributed by atoms with Crippen LogP contribution >= 0.6 is 11.3 Å². The average molecular weight is 419 g/mol. The third kappa shape index (κ3) is 5.25. The van der Waals surface area contributed by atoms with Crippen LogP contribution in [-0.4, -0.2) is 47.5 Å². The normalized spacial score (nSPS) is 17.0. The molecule has 6 nitrogen and oxygen atoms in total. The van der Waals surface area contributed by atoms with E-state index in [1.807, 2.05) is 14.1 Å². The fourth-order valence-electron chi connectivity index (χ4n) is 4.03. The van der Waals surface area contributed by atoms with E-state index in [-0.39, 0.29) is 16.9 Å². The Balaban J connectivity index is 1.68. The molecule has 2 aromatic heterocycles. The summed E-state index contributed by atoms with van der Waals surface area (Å²) >= 11 is 1.68. The smallest absolute Gasteiger partial charge is 0.262 e. The lowest BCUT2D eigenvalue weighted by atomic mass is 9.72. The zero-order valence-electron chi connectivity index (χ0n) is 18.4. The van der Waals surface area contributed by atoms with Gasteiger partial charge in [-0.3, -0.25) is 14.2 Å². The van der Waals surface area contributed by atoms with Crippen LogP contribution < -0.4 is 10.9 Å². The molecular weight excluding hydrogens is 384 g/mol. The second-order valence-corrected chi connectivity index (χ2v) is 10.6. The molecule has 1 aliphatic rings. The van der Waals surface area contributed by atoms with Crippen molar-refractivity contribution in [2.45, 2.75) is 59.4 Å². The van der Waals surface area contributed by atoms with E-state index < -0.39 is 0 Å². The Morgan fingerprint density at radius 1 is 1.38 bits per heavy atom. The van der Waals surface area contributed by atoms with Gasteiger partial charge in [0.2, 0.25) is 5.91 Å². The van der Waals surface area contributed by atoms with Crippen LogP contribution in [0.15, 0.2) is 11.1 Å². The quantitative estimate of drug-likeness (QED) is 0.702. The van der Waals surface area contributed by atoms with Crippen LogP contribution in [0.25, 0.3) is 10.2 Å². The van der Waals surface area contributed by atoms with Crippen molar-refractivity contribution in [2.24, 2.45) is 11.3 Å². The summed E-state index contributed by atoms with van der Waals surface area (Å²) in [5.41, 5.74) is 1.48. The van der Waals surface area contributed by atoms with Gasteiger partial charge in [0.1, 0.15) is 4.83 Å². The lowest BCUT2D eigenvalue weighted by Gasteiger charge is -2.33. The number of aromatic nitrogens is 2. The molecule has 1 atom stereocenters. The van der Waals surface area contributed by atoms with Crippen LogP contribution in [0, 0.1) is 11.3 Å². The van der Waals surface area contributed by atoms with Gasteiger partial charge in [0.25, 0.3) is 5.56 Å². The van der Waals surface area contributed by atoms with E-state index in [2.05, 4.69) is 36.0 Å². The van der Waals surface area contributed by atoms with Crippen LogP contribution in [0.2, 0.25) is 0 Å². The highest BCUT2D eigenvalue weighted by atomic mass is 32.1. The molecule has 1 amide bonds. The zero-order chi connectivity index (χ0) is 21.2. The highest BCUT2D eigenvalue weighted by Gasteiger charge is 2.31. The molecule has 2 heterocycles. The molecule has 1 aliphatic carbocycles. The fourth-order valence-corrected chi connectivity index (χ4v) is 5.29. The van der Waals surface area contributed by atoms with Gasteiger partial charge in [0.05, 0.1) is 11.7 Å². The number of fused-ring (bicyclic) bond motifs is 3. The highest BCUT2D eigenvalue weighted by Crippen LogP contribution is 2.41. The second kappa shape index (κ2) is 8.96. The molecule has 0 aromatic carbocycles. The Morgan fingerprint density at radius 2 is 2.14 bits per heavy atom. The number of thiophene rings is 1. The number of hydrogen-bond acceptors (Lipinski definition) is 5. The molecular formula is C22H34N4O2S. The van der Waals surface area contributed by atoms with Gasteiger partial charge in [-0.15, -0.1) is 11.3 Å². The van der Waals surface area contributed by atoms with Gasteiger partial charge in [-0.05, 0) is 63.2 Å². The minimum Gasteiger partial charge on any atom is -0.356 e. The number of hydrogen-bond donors (Lipinski definition) is 1. The molecule has 0 saturated carbocycles. The molecule has 3 rings (SSSR count). The molecule has 2 aromatic rings. The summed E-state index contributed by atoms with van der Waals surface area (Å²) in [5.74, 6) is 0.623. The average Bonchev–Trinajstić information content (AvgIpc) is 3.02. The van der Waals surface area contributed by atoms with Crippen molar-refractivity contribution in [3.63, 3.8) is 0 Å². The first-order valence-electron chi connectivity index (χ1n) is 10.6. The maximum Gasteiger partial charge on any atom is 0.262 e. The van der Waals surface area contributed by atoms with Crippen molar-refractivity contribution < 1.29 is 4.79 Å². The van der Waals surface area contributed by atoms with Crippen molar-refractivity contribution in [2.75, 3.05) is 27.2 Å². The van der Waals surface area contributed by atoms with E-state index in [0.717, 1.165) is 42.4 Å². The molecule has 0 saturated heterocycles. The van der Waals surface area contributed by atoms with E-state index >= 15 is 0 Å². The standard InChI is InChI=1S/C22H34N4O2S/c1-22(2,3)15-7-8-16-17(13-15)29-20-19(16)21(28)26(14-24-20)12-9-18(27)23-10-6-11-25(4)5/h14-15H,6-13H2,1-5H3,(H,23,27). The first-order chi connectivity index (χ1) is 13.7. The van der Waals surface area contributed by atoms with Crippen molar-refractivity contribution >= 4 is 27.5 Å². The highest BCUT2D eigenvalue weighted by molar-refractivity contribution is 7.18. The van der Waals surface area contributed by atoms with Gasteiger partial charge >= 0.3 is 0 Å². The van der Waals surface area contributed by atoms with Gasteiger partial charge in [-0.1, -0.05) is 20.8 Å². The summed E-state index contributed by atoms with van der Waals surface area (Å²) in [6, 6.07) is 0. The Bertz CT molecular complexity index is 923. The summed E-state index contributed by atoms with van der Waals surface area (Å²) in [4.78, 5) is 34.0. The molecule has 0 radical (unpaired) electrons. The molecule has 1 N–H and O–H groups in total. The SMILES string of the molecule is CN(C)CCCNC(=O)CCn1cnc2sc3c(c2c1=O)CCC(C(C)(C)C)C3. The first-order valence-corrected chi connectivity index (χ1v) is 11.4. The van der Waals surface area contributed by atoms with Crippen molar-refractivity contribution in [3.8, 4) is 0 Å². The number of carbonyl (C=O) groups is 1. The summed E-state index contributed by atoms with van der Waals surface area (Å²) in [6.45, 7) is 8.87. The number of amides is 1. The lowest BCUT2D eigenvalue weighted by Crippen LogP contribution is -2.30. The molecule has 0 spiro atoms. The maximum atomic E-state index is 13.1. The van der Waals surface area contributed by atoms with E-state index in [4.69, 9.17) is 0 Å². The van der Waals surface area contributed by atoms with Crippen LogP contribution in [-0.2, 0) is 24.2 Å². The number of nitrogens with one attached hydrogen (secondary N) is 1. The third-order valence-corrected chi connectivity index (χ3v) is 7.11. The van der Waals surface area contributed by atoms with E-state index in [1.165, 1.54) is 10.4 Å². The van der Waals surface area contributed by atoms with Crippen molar-refractivity contribution in [1.29, 1.82) is 0 Å². The lowest BCUT2D eigenvalue weighted by molar-refractivity contribution is -0.121. The van der Waals surface area contributed by atoms with E-state index in [0.29, 0.717) is 25.4 Å². The Hall–Kier alpha value is -1.73. The van der Waals surface area contributed by atoms with Gasteiger partial charge in [-0.2, -0.15) is 0 Å². The predicted molar refractivity (Wildman–Crippen MR) is 120 cm³/mol. The Kier molecular flexibility index (Phi) is 6.79. The number of nitrogens with zero attached hydrogens (tertiary/aromatic N) is 3. The number of rotatable bonds is 7. The van der Waals surface area contributed by atoms with Gasteiger partial charge in [0, 0.05) is 24.4 Å². The van der Waals surface area contributed by atoms with Crippen molar-refractivity contribution in [1.82, 2.24) is 19.8 Å². The maximum absolute atomic E-state index is 13.1. The van der Waals surface area contributed by atoms with E-state index in [1.54, 1.807) is 22.2 Å². The fraction of sp³-hybridized carbons (Fsp3) is 0.682. The summed E-state index contributed by atoms with van der Waals surface area (Å²) in [5, 5.41) is 3.71. The minimum absolute atomic E-state index is 0.00196. The van der Waals surface area contributed by atoms with Gasteiger partial charge < -0.3 is 10.2 Å². The summed E-state index contributed by atoms with van der Waals surface area (Å²) < 4.78 is 1.60. The van der Waals surface area contributed by atoms with Crippen LogP contribution in [0.1, 0.15) is 50.5 Å². The summed E-state index contributed by atoms with van der Waals surface area (Å²) in [7, 11) is 4.04. The molecule has 0 fully saturated rings. The number of aryl methyl sites for hydroxylation is 2. The molecule has 0 aliphatic heterocycles. The molecule has 7 heteroatoms. The monoisotopic (exact) mass is 418 g/mol. The third-order valence-electron chi connectivity index (χ3n) is 5.94. The molecule has 29 heavy (non-hydrogen) atoms. The molecule has 160 valence electrons. The van der Waals surface area contributed by atoms with Crippen LogP contribution in [0.5, 0.6) is 0 Å². The van der Waals surface area contributed by atoms with Crippen molar-refractivity contribution in [3.05, 3.63) is 27.1 Å². The topological polar surface area (TPSA) is 67.2 Å². The van der Waals surface area contributed by atoms with Crippen LogP contribution in [0.3, 0.4) is 0 Å². The Labute approximate surface area is 177 Å². The Morgan fingerprint density at radius 3 is 2.83 bits per heavy atom. The number of carbonyl (C=O) groups excluding carboxylic acids is 1. The summed E-state index contributed by atoms with van der Waals surface area (Å²) in [6.07, 6.45) is 5.93. The van der Waals surface area contributed by atoms with Gasteiger partial charge in [0.15, 0.2) is 0 Å². The molecule has 0 bridgehead atoms. The largest absolute Gasteiger partial charge is 0.356 e. The van der Waals surface area contributed by atoms with Crippen LogP contribution in [0.4, 0.5) is 0 Å². The predicted octanol–water partition coefficient (Wildman–Crippen LogP) is 3.07. The second-order valence-electron chi connectivity index (χ2n) is 9.49. The van der Waals surface area contributed by atoms with E-state index in [9.17, 15) is 9.59 Å². The first kappa shape index (κ1) is 22.0. The minimum atomic E-state index is -0.0175. The van der Waals surface area contributed by atoms with Gasteiger partial charge in [-0.25, -0.2) is 4.98 Å². The zero-order valence-corrected chi connectivity index (χ0v) is 19.2.